The molecular weight excluding hydrogens is 185 g/mol. The summed E-state index contributed by atoms with van der Waals surface area (Å²) in [6.07, 6.45) is 3.45. The molecular formula is C10H10FNO2. The van der Waals surface area contributed by atoms with Gasteiger partial charge in [0, 0.05) is 6.20 Å². The SMILES string of the molecule is O=C(OCC1CC1)c1ccc(F)nc1. The van der Waals surface area contributed by atoms with Crippen molar-refractivity contribution in [3.8, 4) is 0 Å². The highest BCUT2D eigenvalue weighted by Crippen LogP contribution is 2.29. The second-order valence-electron chi connectivity index (χ2n) is 3.41. The normalized spacial score (nSPS) is 15.2. The van der Waals surface area contributed by atoms with Crippen LogP contribution in [0.2, 0.25) is 0 Å². The molecule has 14 heavy (non-hydrogen) atoms. The van der Waals surface area contributed by atoms with Gasteiger partial charge >= 0.3 is 5.97 Å². The summed E-state index contributed by atoms with van der Waals surface area (Å²) in [5.41, 5.74) is 0.298. The lowest BCUT2D eigenvalue weighted by atomic mass is 10.3. The number of hydrogen-bond donors (Lipinski definition) is 0. The molecule has 1 aliphatic rings. The average Bonchev–Trinajstić information content (AvgIpc) is 2.99. The Labute approximate surface area is 80.9 Å². The van der Waals surface area contributed by atoms with Gasteiger partial charge in [0.15, 0.2) is 0 Å². The maximum atomic E-state index is 12.4. The van der Waals surface area contributed by atoms with Crippen molar-refractivity contribution in [3.05, 3.63) is 29.8 Å². The Kier molecular flexibility index (Phi) is 2.43. The van der Waals surface area contributed by atoms with Crippen molar-refractivity contribution < 1.29 is 13.9 Å². The van der Waals surface area contributed by atoms with Crippen LogP contribution in [-0.2, 0) is 4.74 Å². The van der Waals surface area contributed by atoms with Crippen LogP contribution in [0.25, 0.3) is 0 Å². The number of ether oxygens (including phenoxy) is 1. The molecule has 1 aromatic rings. The van der Waals surface area contributed by atoms with Crippen LogP contribution in [0.4, 0.5) is 4.39 Å². The lowest BCUT2D eigenvalue weighted by molar-refractivity contribution is 0.0485. The summed E-state index contributed by atoms with van der Waals surface area (Å²) in [4.78, 5) is 14.7. The second kappa shape index (κ2) is 3.74. The van der Waals surface area contributed by atoms with Crippen LogP contribution < -0.4 is 0 Å². The molecule has 1 saturated carbocycles. The molecule has 1 aromatic heterocycles. The van der Waals surface area contributed by atoms with Gasteiger partial charge in [-0.1, -0.05) is 0 Å². The van der Waals surface area contributed by atoms with Crippen molar-refractivity contribution in [3.63, 3.8) is 0 Å². The van der Waals surface area contributed by atoms with E-state index in [-0.39, 0.29) is 0 Å². The Balaban J connectivity index is 1.92. The highest BCUT2D eigenvalue weighted by Gasteiger charge is 2.23. The second-order valence-corrected chi connectivity index (χ2v) is 3.41. The molecule has 0 N–H and O–H groups in total. The van der Waals surface area contributed by atoms with Gasteiger partial charge in [-0.15, -0.1) is 0 Å². The number of halogens is 1. The van der Waals surface area contributed by atoms with Crippen molar-refractivity contribution in [1.29, 1.82) is 0 Å². The van der Waals surface area contributed by atoms with Crippen LogP contribution in [0.1, 0.15) is 23.2 Å². The lowest BCUT2D eigenvalue weighted by Gasteiger charge is -2.02. The van der Waals surface area contributed by atoms with E-state index in [1.54, 1.807) is 0 Å². The molecule has 0 aliphatic heterocycles. The minimum absolute atomic E-state index is 0.298. The Morgan fingerprint density at radius 1 is 1.57 bits per heavy atom. The molecule has 0 aromatic carbocycles. The summed E-state index contributed by atoms with van der Waals surface area (Å²) < 4.78 is 17.4. The van der Waals surface area contributed by atoms with Crippen LogP contribution in [-0.4, -0.2) is 17.6 Å². The third kappa shape index (κ3) is 2.28. The van der Waals surface area contributed by atoms with E-state index in [0.717, 1.165) is 18.9 Å². The van der Waals surface area contributed by atoms with Crippen molar-refractivity contribution in [1.82, 2.24) is 4.98 Å². The summed E-state index contributed by atoms with van der Waals surface area (Å²) in [5.74, 6) is -0.486. The zero-order valence-electron chi connectivity index (χ0n) is 7.57. The number of carbonyl (C=O) groups excluding carboxylic acids is 1. The molecule has 0 saturated heterocycles. The van der Waals surface area contributed by atoms with E-state index in [1.165, 1.54) is 12.3 Å². The third-order valence-electron chi connectivity index (χ3n) is 2.11. The van der Waals surface area contributed by atoms with Gasteiger partial charge in [-0.05, 0) is 30.9 Å². The van der Waals surface area contributed by atoms with Crippen LogP contribution in [0.5, 0.6) is 0 Å². The van der Waals surface area contributed by atoms with Gasteiger partial charge in [-0.25, -0.2) is 9.78 Å². The number of hydrogen-bond acceptors (Lipinski definition) is 3. The quantitative estimate of drug-likeness (QED) is 0.545. The predicted octanol–water partition coefficient (Wildman–Crippen LogP) is 1.79. The van der Waals surface area contributed by atoms with Crippen LogP contribution in [0, 0.1) is 11.9 Å². The number of pyridine rings is 1. The van der Waals surface area contributed by atoms with E-state index in [4.69, 9.17) is 4.74 Å². The fraction of sp³-hybridized carbons (Fsp3) is 0.400. The number of aromatic nitrogens is 1. The van der Waals surface area contributed by atoms with Crippen molar-refractivity contribution in [2.24, 2.45) is 5.92 Å². The third-order valence-corrected chi connectivity index (χ3v) is 2.11. The first kappa shape index (κ1) is 9.12. The molecule has 2 rings (SSSR count). The first-order valence-corrected chi connectivity index (χ1v) is 4.54. The predicted molar refractivity (Wildman–Crippen MR) is 47.2 cm³/mol. The Morgan fingerprint density at radius 2 is 2.36 bits per heavy atom. The molecule has 4 heteroatoms. The zero-order chi connectivity index (χ0) is 9.97. The zero-order valence-corrected chi connectivity index (χ0v) is 7.57. The van der Waals surface area contributed by atoms with Gasteiger partial charge in [-0.2, -0.15) is 4.39 Å². The Bertz CT molecular complexity index is 332. The van der Waals surface area contributed by atoms with Crippen LogP contribution in [0.3, 0.4) is 0 Å². The lowest BCUT2D eigenvalue weighted by Crippen LogP contribution is -2.07. The van der Waals surface area contributed by atoms with E-state index in [2.05, 4.69) is 4.98 Å². The fourth-order valence-electron chi connectivity index (χ4n) is 1.06. The van der Waals surface area contributed by atoms with E-state index in [0.29, 0.717) is 18.1 Å². The van der Waals surface area contributed by atoms with E-state index < -0.39 is 11.9 Å². The Morgan fingerprint density at radius 3 is 2.93 bits per heavy atom. The molecule has 0 spiro atoms. The highest BCUT2D eigenvalue weighted by atomic mass is 19.1. The van der Waals surface area contributed by atoms with Gasteiger partial charge in [0.1, 0.15) is 0 Å². The minimum atomic E-state index is -0.594. The summed E-state index contributed by atoms with van der Waals surface area (Å²) in [6.45, 7) is 0.468. The average molecular weight is 195 g/mol. The molecule has 1 fully saturated rings. The molecule has 74 valence electrons. The molecule has 1 heterocycles. The van der Waals surface area contributed by atoms with E-state index >= 15 is 0 Å². The summed E-state index contributed by atoms with van der Waals surface area (Å²) in [7, 11) is 0. The topological polar surface area (TPSA) is 39.2 Å². The molecule has 0 bridgehead atoms. The first-order valence-electron chi connectivity index (χ1n) is 4.54. The van der Waals surface area contributed by atoms with Gasteiger partial charge in [0.05, 0.1) is 12.2 Å². The van der Waals surface area contributed by atoms with Gasteiger partial charge in [-0.3, -0.25) is 0 Å². The standard InChI is InChI=1S/C10H10FNO2/c11-9-4-3-8(5-12-9)10(13)14-6-7-1-2-7/h3-5,7H,1-2,6H2. The summed E-state index contributed by atoms with van der Waals surface area (Å²) >= 11 is 0. The monoisotopic (exact) mass is 195 g/mol. The maximum absolute atomic E-state index is 12.4. The van der Waals surface area contributed by atoms with Crippen molar-refractivity contribution in [2.75, 3.05) is 6.61 Å². The van der Waals surface area contributed by atoms with Crippen molar-refractivity contribution in [2.45, 2.75) is 12.8 Å². The molecule has 3 nitrogen and oxygen atoms in total. The smallest absolute Gasteiger partial charge is 0.339 e. The molecule has 0 radical (unpaired) electrons. The van der Waals surface area contributed by atoms with E-state index in [9.17, 15) is 9.18 Å². The molecule has 1 aliphatic carbocycles. The number of rotatable bonds is 3. The minimum Gasteiger partial charge on any atom is -0.462 e. The van der Waals surface area contributed by atoms with Crippen LogP contribution in [0.15, 0.2) is 18.3 Å². The molecule has 0 amide bonds. The molecule has 0 atom stereocenters. The summed E-state index contributed by atoms with van der Waals surface area (Å²) in [6, 6.07) is 2.52. The van der Waals surface area contributed by atoms with Gasteiger partial charge in [0.2, 0.25) is 5.95 Å². The Hall–Kier alpha value is -1.45. The number of esters is 1. The number of carbonyl (C=O) groups is 1. The number of nitrogens with zero attached hydrogens (tertiary/aromatic N) is 1. The first-order chi connectivity index (χ1) is 6.75. The van der Waals surface area contributed by atoms with Gasteiger partial charge < -0.3 is 4.74 Å². The van der Waals surface area contributed by atoms with Crippen LogP contribution >= 0.6 is 0 Å². The molecule has 0 unspecified atom stereocenters. The highest BCUT2D eigenvalue weighted by molar-refractivity contribution is 5.88. The van der Waals surface area contributed by atoms with Gasteiger partial charge in [0.25, 0.3) is 0 Å². The fourth-order valence-corrected chi connectivity index (χ4v) is 1.06. The largest absolute Gasteiger partial charge is 0.462 e. The summed E-state index contributed by atoms with van der Waals surface area (Å²) in [5, 5.41) is 0. The van der Waals surface area contributed by atoms with E-state index in [1.807, 2.05) is 0 Å². The van der Waals surface area contributed by atoms with Crippen molar-refractivity contribution >= 4 is 5.97 Å². The maximum Gasteiger partial charge on any atom is 0.339 e.